The van der Waals surface area contributed by atoms with Crippen LogP contribution >= 0.6 is 0 Å². The molecule has 3 heteroatoms. The van der Waals surface area contributed by atoms with E-state index in [1.54, 1.807) is 12.4 Å². The number of nitrogens with zero attached hydrogens (tertiary/aromatic N) is 2. The molecule has 0 spiro atoms. The molecule has 0 fully saturated rings. The summed E-state index contributed by atoms with van der Waals surface area (Å²) in [5.41, 5.74) is 2.32. The molecule has 1 unspecified atom stereocenters. The van der Waals surface area contributed by atoms with Gasteiger partial charge in [0.05, 0.1) is 6.10 Å². The summed E-state index contributed by atoms with van der Waals surface area (Å²) in [4.78, 5) is 8.00. The molecule has 1 aliphatic carbocycles. The minimum atomic E-state index is -0.344. The van der Waals surface area contributed by atoms with Crippen LogP contribution in [0.1, 0.15) is 32.3 Å². The second-order valence-corrected chi connectivity index (χ2v) is 4.93. The van der Waals surface area contributed by atoms with E-state index in [0.29, 0.717) is 0 Å². The van der Waals surface area contributed by atoms with Crippen LogP contribution in [0.5, 0.6) is 0 Å². The molecule has 1 atom stereocenters. The van der Waals surface area contributed by atoms with E-state index in [9.17, 15) is 5.11 Å². The van der Waals surface area contributed by atoms with Gasteiger partial charge in [-0.25, -0.2) is 9.97 Å². The Morgan fingerprint density at radius 2 is 2.00 bits per heavy atom. The topological polar surface area (TPSA) is 46.0 Å². The summed E-state index contributed by atoms with van der Waals surface area (Å²) in [6.07, 6.45) is 8.49. The van der Waals surface area contributed by atoms with Crippen molar-refractivity contribution in [3.63, 3.8) is 0 Å². The molecule has 0 aromatic carbocycles. The molecule has 0 radical (unpaired) electrons. The molecule has 80 valence electrons. The molecule has 0 saturated heterocycles. The van der Waals surface area contributed by atoms with Gasteiger partial charge in [-0.2, -0.15) is 0 Å². The molecule has 1 aliphatic rings. The third kappa shape index (κ3) is 2.42. The molecule has 1 heterocycles. The first kappa shape index (κ1) is 10.3. The first-order valence-corrected chi connectivity index (χ1v) is 5.21. The monoisotopic (exact) mass is 204 g/mol. The molecule has 1 N–H and O–H groups in total. The van der Waals surface area contributed by atoms with E-state index in [1.165, 1.54) is 6.33 Å². The summed E-state index contributed by atoms with van der Waals surface area (Å²) in [5.74, 6) is 0. The van der Waals surface area contributed by atoms with Crippen LogP contribution in [0.3, 0.4) is 0 Å². The average Bonchev–Trinajstić information content (AvgIpc) is 2.16. The van der Waals surface area contributed by atoms with E-state index in [1.807, 2.05) is 6.08 Å². The molecular weight excluding hydrogens is 188 g/mol. The van der Waals surface area contributed by atoms with Crippen LogP contribution in [0.15, 0.2) is 24.8 Å². The lowest BCUT2D eigenvalue weighted by atomic mass is 9.75. The lowest BCUT2D eigenvalue weighted by Crippen LogP contribution is -2.24. The van der Waals surface area contributed by atoms with Crippen LogP contribution in [0.25, 0.3) is 5.57 Å². The molecule has 2 rings (SSSR count). The van der Waals surface area contributed by atoms with E-state index in [0.717, 1.165) is 24.0 Å². The molecule has 1 aromatic heterocycles. The summed E-state index contributed by atoms with van der Waals surface area (Å²) in [5, 5.41) is 9.76. The average molecular weight is 204 g/mol. The van der Waals surface area contributed by atoms with Crippen molar-refractivity contribution in [3.8, 4) is 0 Å². The minimum Gasteiger partial charge on any atom is -0.389 e. The molecular formula is C12H16N2O. The largest absolute Gasteiger partial charge is 0.389 e. The van der Waals surface area contributed by atoms with Gasteiger partial charge in [0.1, 0.15) is 6.33 Å². The van der Waals surface area contributed by atoms with E-state index in [2.05, 4.69) is 23.8 Å². The first-order chi connectivity index (χ1) is 7.07. The van der Waals surface area contributed by atoms with Gasteiger partial charge in [-0.05, 0) is 23.8 Å². The van der Waals surface area contributed by atoms with Gasteiger partial charge in [0.25, 0.3) is 0 Å². The summed E-state index contributed by atoms with van der Waals surface area (Å²) < 4.78 is 0. The lowest BCUT2D eigenvalue weighted by Gasteiger charge is -2.32. The highest BCUT2D eigenvalue weighted by Gasteiger charge is 2.28. The normalized spacial score (nSPS) is 24.7. The van der Waals surface area contributed by atoms with E-state index >= 15 is 0 Å². The zero-order chi connectivity index (χ0) is 10.9. The fourth-order valence-electron chi connectivity index (χ4n) is 2.17. The predicted molar refractivity (Wildman–Crippen MR) is 59.0 cm³/mol. The van der Waals surface area contributed by atoms with Crippen molar-refractivity contribution in [2.24, 2.45) is 5.41 Å². The fraction of sp³-hybridized carbons (Fsp3) is 0.500. The van der Waals surface area contributed by atoms with E-state index < -0.39 is 0 Å². The predicted octanol–water partition coefficient (Wildman–Crippen LogP) is 2.04. The van der Waals surface area contributed by atoms with Crippen molar-refractivity contribution in [1.82, 2.24) is 9.97 Å². The highest BCUT2D eigenvalue weighted by molar-refractivity contribution is 5.66. The molecule has 0 amide bonds. The highest BCUT2D eigenvalue weighted by atomic mass is 16.3. The van der Waals surface area contributed by atoms with Crippen molar-refractivity contribution < 1.29 is 5.11 Å². The van der Waals surface area contributed by atoms with Gasteiger partial charge in [0, 0.05) is 18.0 Å². The SMILES string of the molecule is CC1(C)CC(c2cncnc2)=CC(O)C1. The maximum Gasteiger partial charge on any atom is 0.115 e. The Morgan fingerprint density at radius 1 is 1.33 bits per heavy atom. The van der Waals surface area contributed by atoms with Crippen LogP contribution in [-0.2, 0) is 0 Å². The van der Waals surface area contributed by atoms with Crippen LogP contribution < -0.4 is 0 Å². The Bertz CT molecular complexity index is 370. The second-order valence-electron chi connectivity index (χ2n) is 4.93. The van der Waals surface area contributed by atoms with Crippen molar-refractivity contribution in [2.75, 3.05) is 0 Å². The molecule has 1 aromatic rings. The number of aliphatic hydroxyl groups is 1. The lowest BCUT2D eigenvalue weighted by molar-refractivity contribution is 0.146. The quantitative estimate of drug-likeness (QED) is 0.761. The Balaban J connectivity index is 2.30. The zero-order valence-corrected chi connectivity index (χ0v) is 9.14. The van der Waals surface area contributed by atoms with Crippen LogP contribution in [0.4, 0.5) is 0 Å². The van der Waals surface area contributed by atoms with Gasteiger partial charge >= 0.3 is 0 Å². The molecule has 15 heavy (non-hydrogen) atoms. The smallest absolute Gasteiger partial charge is 0.115 e. The van der Waals surface area contributed by atoms with Crippen LogP contribution in [0, 0.1) is 5.41 Å². The van der Waals surface area contributed by atoms with Crippen molar-refractivity contribution >= 4 is 5.57 Å². The van der Waals surface area contributed by atoms with Crippen molar-refractivity contribution in [2.45, 2.75) is 32.8 Å². The number of rotatable bonds is 1. The fourth-order valence-corrected chi connectivity index (χ4v) is 2.17. The maximum absolute atomic E-state index is 9.76. The number of aromatic nitrogens is 2. The van der Waals surface area contributed by atoms with Crippen LogP contribution in [-0.4, -0.2) is 21.2 Å². The summed E-state index contributed by atoms with van der Waals surface area (Å²) in [6, 6.07) is 0. The van der Waals surface area contributed by atoms with Gasteiger partial charge in [-0.15, -0.1) is 0 Å². The van der Waals surface area contributed by atoms with Gasteiger partial charge < -0.3 is 5.11 Å². The number of allylic oxidation sites excluding steroid dienone is 1. The summed E-state index contributed by atoms with van der Waals surface area (Å²) in [6.45, 7) is 4.35. The van der Waals surface area contributed by atoms with Crippen molar-refractivity contribution in [3.05, 3.63) is 30.4 Å². The molecule has 0 bridgehead atoms. The minimum absolute atomic E-state index is 0.152. The van der Waals surface area contributed by atoms with Gasteiger partial charge in [0.2, 0.25) is 0 Å². The van der Waals surface area contributed by atoms with Crippen LogP contribution in [0.2, 0.25) is 0 Å². The number of aliphatic hydroxyl groups excluding tert-OH is 1. The number of hydrogen-bond acceptors (Lipinski definition) is 3. The Hall–Kier alpha value is -1.22. The number of hydrogen-bond donors (Lipinski definition) is 1. The highest BCUT2D eigenvalue weighted by Crippen LogP contribution is 2.38. The third-order valence-corrected chi connectivity index (χ3v) is 2.76. The Morgan fingerprint density at radius 3 is 2.60 bits per heavy atom. The van der Waals surface area contributed by atoms with E-state index in [-0.39, 0.29) is 11.5 Å². The third-order valence-electron chi connectivity index (χ3n) is 2.76. The zero-order valence-electron chi connectivity index (χ0n) is 9.14. The molecule has 3 nitrogen and oxygen atoms in total. The van der Waals surface area contributed by atoms with Gasteiger partial charge in [0.15, 0.2) is 0 Å². The molecule has 0 saturated carbocycles. The van der Waals surface area contributed by atoms with Crippen molar-refractivity contribution in [1.29, 1.82) is 0 Å². The first-order valence-electron chi connectivity index (χ1n) is 5.21. The Labute approximate surface area is 89.9 Å². The van der Waals surface area contributed by atoms with E-state index in [4.69, 9.17) is 0 Å². The second kappa shape index (κ2) is 3.74. The standard InChI is InChI=1S/C12H16N2O/c1-12(2)4-9(3-11(15)5-12)10-6-13-8-14-7-10/h3,6-8,11,15H,4-5H2,1-2H3. The van der Waals surface area contributed by atoms with Gasteiger partial charge in [-0.3, -0.25) is 0 Å². The molecule has 0 aliphatic heterocycles. The Kier molecular flexibility index (Phi) is 2.57. The maximum atomic E-state index is 9.76. The summed E-state index contributed by atoms with van der Waals surface area (Å²) in [7, 11) is 0. The van der Waals surface area contributed by atoms with Gasteiger partial charge in [-0.1, -0.05) is 19.9 Å². The summed E-state index contributed by atoms with van der Waals surface area (Å²) >= 11 is 0.